The number of azide groups is 1. The molecule has 1 rings (SSSR count). The second-order valence-corrected chi connectivity index (χ2v) is 2.59. The second kappa shape index (κ2) is 5.22. The van der Waals surface area contributed by atoms with Crippen molar-refractivity contribution in [3.8, 4) is 6.07 Å². The molecule has 0 unspecified atom stereocenters. The van der Waals surface area contributed by atoms with E-state index in [1.165, 1.54) is 12.2 Å². The highest BCUT2D eigenvalue weighted by molar-refractivity contribution is 5.92. The van der Waals surface area contributed by atoms with E-state index in [0.717, 1.165) is 5.56 Å². The molecule has 0 aliphatic heterocycles. The van der Waals surface area contributed by atoms with Crippen LogP contribution >= 0.6 is 0 Å². The Morgan fingerprint density at radius 1 is 1.47 bits per heavy atom. The van der Waals surface area contributed by atoms with Gasteiger partial charge in [-0.3, -0.25) is 4.79 Å². The van der Waals surface area contributed by atoms with E-state index in [1.54, 1.807) is 24.3 Å². The average molecular weight is 198 g/mol. The summed E-state index contributed by atoms with van der Waals surface area (Å²) in [6.07, 6.45) is 2.68. The average Bonchev–Trinajstić information content (AvgIpc) is 2.27. The maximum atomic E-state index is 10.8. The molecule has 0 heterocycles. The zero-order valence-corrected chi connectivity index (χ0v) is 7.66. The lowest BCUT2D eigenvalue weighted by atomic mass is 10.1. The molecule has 0 aliphatic rings. The van der Waals surface area contributed by atoms with Gasteiger partial charge in [0.25, 0.3) is 0 Å². The van der Waals surface area contributed by atoms with Crippen molar-refractivity contribution >= 4 is 12.0 Å². The maximum Gasteiger partial charge on any atom is 0.242 e. The van der Waals surface area contributed by atoms with Crippen LogP contribution in [0.4, 0.5) is 0 Å². The number of hydrogen-bond donors (Lipinski definition) is 0. The highest BCUT2D eigenvalue weighted by atomic mass is 16.1. The summed E-state index contributed by atoms with van der Waals surface area (Å²) >= 11 is 0. The van der Waals surface area contributed by atoms with E-state index in [0.29, 0.717) is 5.56 Å². The first-order valence-corrected chi connectivity index (χ1v) is 4.03. The molecule has 0 bridgehead atoms. The minimum Gasteiger partial charge on any atom is -0.288 e. The third-order valence-electron chi connectivity index (χ3n) is 1.60. The summed E-state index contributed by atoms with van der Waals surface area (Å²) in [6, 6.07) is 8.64. The van der Waals surface area contributed by atoms with Crippen LogP contribution in [-0.4, -0.2) is 5.91 Å². The number of carbonyl (C=O) groups excluding carboxylic acids is 1. The number of hydrogen-bond acceptors (Lipinski definition) is 2. The molecular weight excluding hydrogens is 192 g/mol. The van der Waals surface area contributed by atoms with Crippen molar-refractivity contribution in [2.24, 2.45) is 5.11 Å². The number of carbonyl (C=O) groups is 1. The van der Waals surface area contributed by atoms with Gasteiger partial charge in [-0.25, -0.2) is 0 Å². The summed E-state index contributed by atoms with van der Waals surface area (Å²) in [5.41, 5.74) is 9.28. The van der Waals surface area contributed by atoms with E-state index in [4.69, 9.17) is 10.8 Å². The Labute approximate surface area is 85.9 Å². The largest absolute Gasteiger partial charge is 0.288 e. The summed E-state index contributed by atoms with van der Waals surface area (Å²) in [5.74, 6) is -0.651. The number of amides is 1. The third kappa shape index (κ3) is 3.35. The maximum absolute atomic E-state index is 10.8. The lowest BCUT2D eigenvalue weighted by Crippen LogP contribution is -1.82. The van der Waals surface area contributed by atoms with Crippen LogP contribution in [0.2, 0.25) is 0 Å². The van der Waals surface area contributed by atoms with Crippen molar-refractivity contribution in [2.75, 3.05) is 0 Å². The van der Waals surface area contributed by atoms with Crippen molar-refractivity contribution in [2.45, 2.75) is 0 Å². The monoisotopic (exact) mass is 198 g/mol. The Morgan fingerprint density at radius 2 is 2.13 bits per heavy atom. The first-order valence-electron chi connectivity index (χ1n) is 4.03. The van der Waals surface area contributed by atoms with Gasteiger partial charge in [0, 0.05) is 4.91 Å². The Bertz CT molecular complexity index is 475. The second-order valence-electron chi connectivity index (χ2n) is 2.59. The van der Waals surface area contributed by atoms with Crippen LogP contribution in [0.3, 0.4) is 0 Å². The van der Waals surface area contributed by atoms with Gasteiger partial charge >= 0.3 is 0 Å². The minimum absolute atomic E-state index is 0.550. The van der Waals surface area contributed by atoms with Gasteiger partial charge in [0.05, 0.1) is 11.6 Å². The Morgan fingerprint density at radius 3 is 2.67 bits per heavy atom. The number of nitrogens with zero attached hydrogens (tertiary/aromatic N) is 4. The molecule has 1 aromatic rings. The Balaban J connectivity index is 2.78. The van der Waals surface area contributed by atoms with E-state index in [1.807, 2.05) is 6.07 Å². The van der Waals surface area contributed by atoms with E-state index >= 15 is 0 Å². The molecule has 72 valence electrons. The topological polar surface area (TPSA) is 89.6 Å². The van der Waals surface area contributed by atoms with Crippen LogP contribution in [0, 0.1) is 11.3 Å². The van der Waals surface area contributed by atoms with Crippen molar-refractivity contribution in [3.05, 3.63) is 51.9 Å². The van der Waals surface area contributed by atoms with Crippen molar-refractivity contribution in [3.63, 3.8) is 0 Å². The molecule has 0 aromatic heterocycles. The fourth-order valence-electron chi connectivity index (χ4n) is 0.914. The van der Waals surface area contributed by atoms with Crippen LogP contribution < -0.4 is 0 Å². The molecule has 0 N–H and O–H groups in total. The van der Waals surface area contributed by atoms with Crippen LogP contribution in [0.5, 0.6) is 0 Å². The highest BCUT2D eigenvalue weighted by Gasteiger charge is 1.91. The van der Waals surface area contributed by atoms with E-state index in [-0.39, 0.29) is 0 Å². The molecule has 15 heavy (non-hydrogen) atoms. The lowest BCUT2D eigenvalue weighted by molar-refractivity contribution is -0.113. The minimum atomic E-state index is -0.651. The van der Waals surface area contributed by atoms with Crippen LogP contribution in [-0.2, 0) is 4.79 Å². The highest BCUT2D eigenvalue weighted by Crippen LogP contribution is 2.05. The van der Waals surface area contributed by atoms with Gasteiger partial charge in [0.2, 0.25) is 5.91 Å². The predicted octanol–water partition coefficient (Wildman–Crippen LogP) is 2.41. The summed E-state index contributed by atoms with van der Waals surface area (Å²) < 4.78 is 0. The first kappa shape index (κ1) is 10.5. The first-order chi connectivity index (χ1) is 7.26. The van der Waals surface area contributed by atoms with Gasteiger partial charge in [-0.1, -0.05) is 18.2 Å². The van der Waals surface area contributed by atoms with E-state index in [9.17, 15) is 4.79 Å². The van der Waals surface area contributed by atoms with E-state index < -0.39 is 5.91 Å². The molecule has 1 amide bonds. The lowest BCUT2D eigenvalue weighted by Gasteiger charge is -1.91. The molecule has 0 aliphatic carbocycles. The Hall–Kier alpha value is -2.57. The third-order valence-corrected chi connectivity index (χ3v) is 1.60. The predicted molar refractivity (Wildman–Crippen MR) is 54.3 cm³/mol. The zero-order chi connectivity index (χ0) is 11.1. The fourth-order valence-corrected chi connectivity index (χ4v) is 0.914. The Kier molecular flexibility index (Phi) is 3.66. The number of benzene rings is 1. The fraction of sp³-hybridized carbons (Fsp3) is 0. The molecule has 0 radical (unpaired) electrons. The van der Waals surface area contributed by atoms with Crippen LogP contribution in [0.25, 0.3) is 16.5 Å². The van der Waals surface area contributed by atoms with Gasteiger partial charge in [0.15, 0.2) is 0 Å². The molecule has 1 aromatic carbocycles. The van der Waals surface area contributed by atoms with E-state index in [2.05, 4.69) is 10.0 Å². The summed E-state index contributed by atoms with van der Waals surface area (Å²) in [6.45, 7) is 0. The molecule has 0 saturated heterocycles. The summed E-state index contributed by atoms with van der Waals surface area (Å²) in [7, 11) is 0. The smallest absolute Gasteiger partial charge is 0.242 e. The van der Waals surface area contributed by atoms with Crippen molar-refractivity contribution in [1.82, 2.24) is 0 Å². The van der Waals surface area contributed by atoms with Gasteiger partial charge < -0.3 is 0 Å². The van der Waals surface area contributed by atoms with Gasteiger partial charge in [0.1, 0.15) is 0 Å². The normalized spacial score (nSPS) is 9.27. The SMILES string of the molecule is N#Cc1ccc(/C=C/C(=O)N=[N+]=[N-])cc1. The number of nitriles is 1. The zero-order valence-electron chi connectivity index (χ0n) is 7.66. The van der Waals surface area contributed by atoms with Crippen LogP contribution in [0.1, 0.15) is 11.1 Å². The van der Waals surface area contributed by atoms with Gasteiger partial charge in [-0.2, -0.15) is 5.26 Å². The van der Waals surface area contributed by atoms with Crippen molar-refractivity contribution in [1.29, 1.82) is 5.26 Å². The molecule has 5 nitrogen and oxygen atoms in total. The number of rotatable bonds is 2. The molecule has 0 fully saturated rings. The molecule has 5 heteroatoms. The molecule has 0 saturated carbocycles. The molecule has 0 spiro atoms. The van der Waals surface area contributed by atoms with Crippen molar-refractivity contribution < 1.29 is 4.79 Å². The standard InChI is InChI=1S/C10H6N4O/c11-7-9-3-1-8(2-4-9)5-6-10(15)13-14-12/h1-6H/b6-5+. The van der Waals surface area contributed by atoms with Gasteiger partial charge in [-0.15, -0.1) is 0 Å². The molecule has 0 atom stereocenters. The summed E-state index contributed by atoms with van der Waals surface area (Å²) in [4.78, 5) is 13.1. The summed E-state index contributed by atoms with van der Waals surface area (Å²) in [5, 5.41) is 11.4. The van der Waals surface area contributed by atoms with Crippen LogP contribution in [0.15, 0.2) is 35.5 Å². The molecular formula is C10H6N4O. The van der Waals surface area contributed by atoms with Gasteiger partial charge in [-0.05, 0) is 34.4 Å². The quantitative estimate of drug-likeness (QED) is 0.316.